The normalized spacial score (nSPS) is 10.9. The van der Waals surface area contributed by atoms with E-state index in [-0.39, 0.29) is 11.5 Å². The number of aryl methyl sites for hydroxylation is 2. The van der Waals surface area contributed by atoms with E-state index in [1.807, 2.05) is 32.0 Å². The van der Waals surface area contributed by atoms with Gasteiger partial charge in [-0.1, -0.05) is 23.8 Å². The number of rotatable bonds is 2. The zero-order chi connectivity index (χ0) is 15.9. The largest absolute Gasteiger partial charge is 0.399 e. The van der Waals surface area contributed by atoms with E-state index >= 15 is 0 Å². The molecule has 2 N–H and O–H groups in total. The first-order chi connectivity index (χ1) is 10.5. The molecule has 1 aromatic carbocycles. The average molecular weight is 299 g/mol. The van der Waals surface area contributed by atoms with Gasteiger partial charge < -0.3 is 5.73 Å². The number of benzene rings is 1. The molecule has 0 aliphatic heterocycles. The van der Waals surface area contributed by atoms with Crippen molar-refractivity contribution in [2.75, 3.05) is 5.73 Å². The van der Waals surface area contributed by atoms with Crippen molar-refractivity contribution in [1.29, 1.82) is 0 Å². The van der Waals surface area contributed by atoms with Gasteiger partial charge in [-0.3, -0.25) is 4.40 Å². The molecule has 0 radical (unpaired) electrons. The van der Waals surface area contributed by atoms with Crippen molar-refractivity contribution < 1.29 is 14.3 Å². The van der Waals surface area contributed by atoms with Gasteiger partial charge >= 0.3 is 5.97 Å². The average Bonchev–Trinajstić information content (AvgIpc) is 2.81. The molecule has 0 bridgehead atoms. The number of nitrogen functional groups attached to an aromatic ring is 1. The maximum Gasteiger partial charge on any atom is 0.399 e. The molecule has 2 heterocycles. The number of hydrogen-bond acceptors (Lipinski definition) is 4. The van der Waals surface area contributed by atoms with Crippen molar-refractivity contribution in [2.45, 2.75) is 13.8 Å². The highest BCUT2D eigenvalue weighted by molar-refractivity contribution is 5.93. The lowest BCUT2D eigenvalue weighted by Crippen LogP contribution is -2.06. The molecule has 2 aromatic heterocycles. The quantitative estimate of drug-likeness (QED) is 0.788. The number of nitrogens with two attached hydrogens (primary N) is 1. The first-order valence-corrected chi connectivity index (χ1v) is 6.69. The van der Waals surface area contributed by atoms with E-state index in [0.717, 1.165) is 22.3 Å². The van der Waals surface area contributed by atoms with Gasteiger partial charge in [0, 0.05) is 10.7 Å². The molecule has 0 saturated carbocycles. The third-order valence-corrected chi connectivity index (χ3v) is 3.60. The highest BCUT2D eigenvalue weighted by Crippen LogP contribution is 2.26. The van der Waals surface area contributed by atoms with Crippen molar-refractivity contribution in [3.05, 3.63) is 53.3 Å². The van der Waals surface area contributed by atoms with Crippen molar-refractivity contribution in [3.8, 4) is 11.1 Å². The van der Waals surface area contributed by atoms with E-state index in [4.69, 9.17) is 5.73 Å². The molecule has 22 heavy (non-hydrogen) atoms. The Morgan fingerprint density at radius 2 is 2.05 bits per heavy atom. The molecule has 0 saturated heterocycles. The van der Waals surface area contributed by atoms with Gasteiger partial charge in [0.05, 0.1) is 0 Å². The van der Waals surface area contributed by atoms with Crippen molar-refractivity contribution in [3.63, 3.8) is 0 Å². The molecule has 112 valence electrons. The van der Waals surface area contributed by atoms with Gasteiger partial charge in [-0.15, -0.1) is 0 Å². The lowest BCUT2D eigenvalue weighted by Gasteiger charge is -2.08. The molecule has 3 rings (SSSR count). The van der Waals surface area contributed by atoms with Crippen LogP contribution in [0.1, 0.15) is 21.6 Å². The summed E-state index contributed by atoms with van der Waals surface area (Å²) in [5, 5.41) is 0. The number of halogens is 1. The number of aromatic nitrogens is 2. The maximum atomic E-state index is 12.2. The van der Waals surface area contributed by atoms with Gasteiger partial charge in [0.1, 0.15) is 5.65 Å². The van der Waals surface area contributed by atoms with Crippen LogP contribution in [-0.2, 0) is 4.94 Å². The van der Waals surface area contributed by atoms with Gasteiger partial charge in [-0.05, 0) is 42.7 Å². The van der Waals surface area contributed by atoms with E-state index in [0.29, 0.717) is 5.65 Å². The topological polar surface area (TPSA) is 69.6 Å². The summed E-state index contributed by atoms with van der Waals surface area (Å²) in [5.41, 5.74) is 10.1. The highest BCUT2D eigenvalue weighted by atomic mass is 19.3. The van der Waals surface area contributed by atoms with Crippen LogP contribution in [0.15, 0.2) is 36.5 Å². The number of nitrogens with zero attached hydrogens (tertiary/aromatic N) is 2. The molecule has 6 heteroatoms. The molecule has 0 spiro atoms. The Balaban J connectivity index is 2.22. The smallest absolute Gasteiger partial charge is 0.382 e. The van der Waals surface area contributed by atoms with Crippen LogP contribution in [0.25, 0.3) is 16.8 Å². The summed E-state index contributed by atoms with van der Waals surface area (Å²) < 4.78 is 13.7. The second-order valence-electron chi connectivity index (χ2n) is 5.17. The Bertz CT molecular complexity index is 886. The fourth-order valence-corrected chi connectivity index (χ4v) is 2.60. The van der Waals surface area contributed by atoms with Crippen LogP contribution in [0.5, 0.6) is 0 Å². The van der Waals surface area contributed by atoms with Crippen LogP contribution >= 0.6 is 0 Å². The standard InChI is InChI=1S/C16H14FN3O2/c1-9-3-5-12(10(2)7-9)11-4-6-13-19-15(18)14(16(21)22-17)20(13)8-11/h3-8H,18H2,1-2H3. The van der Waals surface area contributed by atoms with Crippen LogP contribution in [-0.4, -0.2) is 15.4 Å². The summed E-state index contributed by atoms with van der Waals surface area (Å²) in [6.07, 6.45) is 1.70. The zero-order valence-electron chi connectivity index (χ0n) is 12.1. The second-order valence-corrected chi connectivity index (χ2v) is 5.17. The minimum absolute atomic E-state index is 0.0690. The molecule has 0 aliphatic carbocycles. The number of pyridine rings is 1. The Morgan fingerprint density at radius 1 is 1.27 bits per heavy atom. The number of hydrogen-bond donors (Lipinski definition) is 1. The molecule has 0 aliphatic rings. The summed E-state index contributed by atoms with van der Waals surface area (Å²) in [6, 6.07) is 9.67. The molecule has 0 unspecified atom stereocenters. The summed E-state index contributed by atoms with van der Waals surface area (Å²) in [5.74, 6) is -1.23. The molecule has 5 nitrogen and oxygen atoms in total. The van der Waals surface area contributed by atoms with E-state index in [1.54, 1.807) is 12.3 Å². The van der Waals surface area contributed by atoms with Crippen LogP contribution < -0.4 is 5.73 Å². The minimum Gasteiger partial charge on any atom is -0.382 e. The predicted octanol–water partition coefficient (Wildman–Crippen LogP) is 3.24. The number of fused-ring (bicyclic) bond motifs is 1. The number of carbonyl (C=O) groups excluding carboxylic acids is 1. The Kier molecular flexibility index (Phi) is 3.29. The Morgan fingerprint density at radius 3 is 2.73 bits per heavy atom. The molecule has 3 aromatic rings. The number of carbonyl (C=O) groups is 1. The van der Waals surface area contributed by atoms with E-state index < -0.39 is 5.97 Å². The minimum atomic E-state index is -1.16. The number of anilines is 1. The molecular weight excluding hydrogens is 285 g/mol. The van der Waals surface area contributed by atoms with Crippen molar-refractivity contribution >= 4 is 17.4 Å². The molecule has 0 amide bonds. The third-order valence-electron chi connectivity index (χ3n) is 3.60. The van der Waals surface area contributed by atoms with Crippen LogP contribution in [0.4, 0.5) is 10.3 Å². The summed E-state index contributed by atoms with van der Waals surface area (Å²) >= 11 is 0. The van der Waals surface area contributed by atoms with E-state index in [1.165, 1.54) is 4.40 Å². The zero-order valence-corrected chi connectivity index (χ0v) is 12.1. The monoisotopic (exact) mass is 299 g/mol. The first-order valence-electron chi connectivity index (χ1n) is 6.69. The van der Waals surface area contributed by atoms with Crippen LogP contribution in [0, 0.1) is 13.8 Å². The lowest BCUT2D eigenvalue weighted by atomic mass is 10.0. The fourth-order valence-electron chi connectivity index (χ4n) is 2.60. The summed E-state index contributed by atoms with van der Waals surface area (Å²) in [4.78, 5) is 18.8. The fraction of sp³-hybridized carbons (Fsp3) is 0.125. The predicted molar refractivity (Wildman–Crippen MR) is 81.0 cm³/mol. The first kappa shape index (κ1) is 14.1. The van der Waals surface area contributed by atoms with Gasteiger partial charge in [0.25, 0.3) is 0 Å². The third kappa shape index (κ3) is 2.18. The van der Waals surface area contributed by atoms with E-state index in [2.05, 4.69) is 16.0 Å². The van der Waals surface area contributed by atoms with Crippen LogP contribution in [0.2, 0.25) is 0 Å². The lowest BCUT2D eigenvalue weighted by molar-refractivity contribution is -0.0793. The summed E-state index contributed by atoms with van der Waals surface area (Å²) in [6.45, 7) is 4.03. The molecule has 0 fully saturated rings. The highest BCUT2D eigenvalue weighted by Gasteiger charge is 2.20. The van der Waals surface area contributed by atoms with Crippen LogP contribution in [0.3, 0.4) is 0 Å². The van der Waals surface area contributed by atoms with Crippen molar-refractivity contribution in [2.24, 2.45) is 0 Å². The van der Waals surface area contributed by atoms with Gasteiger partial charge in [-0.25, -0.2) is 14.7 Å². The molecular formula is C16H14FN3O2. The van der Waals surface area contributed by atoms with Gasteiger partial charge in [-0.2, -0.15) is 0 Å². The van der Waals surface area contributed by atoms with Gasteiger partial charge in [0.2, 0.25) is 0 Å². The van der Waals surface area contributed by atoms with Crippen molar-refractivity contribution in [1.82, 2.24) is 9.38 Å². The molecule has 0 atom stereocenters. The second kappa shape index (κ2) is 5.14. The van der Waals surface area contributed by atoms with Gasteiger partial charge in [0.15, 0.2) is 11.5 Å². The van der Waals surface area contributed by atoms with E-state index in [9.17, 15) is 9.32 Å². The SMILES string of the molecule is Cc1ccc(-c2ccc3nc(N)c(C(=O)OF)n3c2)c(C)c1. The Labute approximate surface area is 126 Å². The maximum absolute atomic E-state index is 12.2. The summed E-state index contributed by atoms with van der Waals surface area (Å²) in [7, 11) is 0. The Hall–Kier alpha value is -2.89. The number of imidazole rings is 1.